The zero-order valence-corrected chi connectivity index (χ0v) is 29.5. The van der Waals surface area contributed by atoms with Gasteiger partial charge in [-0.3, -0.25) is 9.55 Å². The molecular weight excluding hydrogens is 655 g/mol. The molecule has 0 aliphatic carbocycles. The largest absolute Gasteiger partial charge is 0.294 e. The highest BCUT2D eigenvalue weighted by Gasteiger charge is 2.44. The highest BCUT2D eigenvalue weighted by Crippen LogP contribution is 2.43. The Kier molecular flexibility index (Phi) is 7.01. The number of para-hydroxylation sites is 1. The van der Waals surface area contributed by atoms with Crippen LogP contribution in [0.15, 0.2) is 188 Å². The molecule has 0 saturated heterocycles. The zero-order valence-electron chi connectivity index (χ0n) is 27.6. The predicted octanol–water partition coefficient (Wildman–Crippen LogP) is 8.99. The number of thiophene rings is 1. The summed E-state index contributed by atoms with van der Waals surface area (Å²) in [7, 11) is -3.05. The maximum Gasteiger partial charge on any atom is 0.180 e. The lowest BCUT2D eigenvalue weighted by Gasteiger charge is -2.35. The second kappa shape index (κ2) is 12.0. The number of hydrogen-bond donors (Lipinski definition) is 0. The van der Waals surface area contributed by atoms with E-state index in [1.807, 2.05) is 35.9 Å². The molecule has 5 heteroatoms. The minimum absolute atomic E-state index is 0.916. The van der Waals surface area contributed by atoms with E-state index in [-0.39, 0.29) is 0 Å². The molecule has 0 amide bonds. The second-order valence-electron chi connectivity index (χ2n) is 12.9. The van der Waals surface area contributed by atoms with E-state index in [1.54, 1.807) is 0 Å². The van der Waals surface area contributed by atoms with E-state index in [0.29, 0.717) is 0 Å². The minimum Gasteiger partial charge on any atom is -0.294 e. The number of rotatable bonds is 6. The van der Waals surface area contributed by atoms with Gasteiger partial charge in [0.2, 0.25) is 0 Å². The third-order valence-electron chi connectivity index (χ3n) is 10.2. The van der Waals surface area contributed by atoms with E-state index in [1.165, 1.54) is 57.2 Å². The van der Waals surface area contributed by atoms with Crippen LogP contribution >= 0.6 is 11.3 Å². The van der Waals surface area contributed by atoms with Crippen LogP contribution in [0.1, 0.15) is 0 Å². The van der Waals surface area contributed by atoms with Gasteiger partial charge in [-0.15, -0.1) is 11.3 Å². The summed E-state index contributed by atoms with van der Waals surface area (Å²) in [4.78, 5) is 9.72. The summed E-state index contributed by atoms with van der Waals surface area (Å²) in [5.74, 6) is 0.916. The molecule has 0 aliphatic rings. The molecule has 0 N–H and O–H groups in total. The molecule has 0 fully saturated rings. The van der Waals surface area contributed by atoms with Gasteiger partial charge >= 0.3 is 0 Å². The van der Waals surface area contributed by atoms with Gasteiger partial charge in [0.1, 0.15) is 5.82 Å². The van der Waals surface area contributed by atoms with Crippen molar-refractivity contribution < 1.29 is 0 Å². The van der Waals surface area contributed by atoms with Crippen LogP contribution < -0.4 is 20.7 Å². The molecule has 0 unspecified atom stereocenters. The molecule has 6 aromatic carbocycles. The van der Waals surface area contributed by atoms with Crippen LogP contribution in [-0.4, -0.2) is 22.6 Å². The van der Waals surface area contributed by atoms with Gasteiger partial charge in [0.15, 0.2) is 8.07 Å². The smallest absolute Gasteiger partial charge is 0.180 e. The summed E-state index contributed by atoms with van der Waals surface area (Å²) < 4.78 is 4.98. The van der Waals surface area contributed by atoms with Crippen molar-refractivity contribution >= 4 is 82.1 Å². The summed E-state index contributed by atoms with van der Waals surface area (Å²) in [6.45, 7) is 0. The minimum atomic E-state index is -3.05. The Bertz CT molecular complexity index is 2810. The molecule has 0 saturated carbocycles. The molecule has 10 aromatic rings. The lowest BCUT2D eigenvalue weighted by molar-refractivity contribution is 1.08. The van der Waals surface area contributed by atoms with Crippen molar-refractivity contribution in [3.8, 4) is 17.1 Å². The first-order valence-corrected chi connectivity index (χ1v) is 20.1. The second-order valence-corrected chi connectivity index (χ2v) is 17.8. The third-order valence-corrected chi connectivity index (χ3v) is 16.2. The van der Waals surface area contributed by atoms with Crippen LogP contribution in [0.5, 0.6) is 0 Å². The fourth-order valence-electron chi connectivity index (χ4n) is 8.15. The molecule has 3 nitrogen and oxygen atoms in total. The predicted molar refractivity (Wildman–Crippen MR) is 218 cm³/mol. The molecular formula is C46H31N3SSi. The fraction of sp³-hybridized carbons (Fsp3) is 0. The summed E-state index contributed by atoms with van der Waals surface area (Å²) >= 11 is 1.91. The molecule has 0 atom stereocenters. The van der Waals surface area contributed by atoms with Gasteiger partial charge in [0, 0.05) is 48.9 Å². The molecule has 4 aromatic heterocycles. The molecule has 0 bridgehead atoms. The molecule has 0 spiro atoms. The first-order chi connectivity index (χ1) is 25.3. The van der Waals surface area contributed by atoms with Crippen LogP contribution in [0.3, 0.4) is 0 Å². The Morgan fingerprint density at radius 3 is 1.84 bits per heavy atom. The Hall–Kier alpha value is -6.14. The van der Waals surface area contributed by atoms with Gasteiger partial charge in [-0.05, 0) is 63.2 Å². The zero-order chi connectivity index (χ0) is 33.8. The van der Waals surface area contributed by atoms with Crippen LogP contribution in [-0.2, 0) is 0 Å². The van der Waals surface area contributed by atoms with E-state index in [4.69, 9.17) is 9.97 Å². The average molecular weight is 686 g/mol. The summed E-state index contributed by atoms with van der Waals surface area (Å²) in [5, 5.41) is 10.5. The number of aromatic nitrogens is 3. The van der Waals surface area contributed by atoms with E-state index < -0.39 is 8.07 Å². The van der Waals surface area contributed by atoms with Gasteiger partial charge in [-0.2, -0.15) is 0 Å². The maximum absolute atomic E-state index is 4.93. The van der Waals surface area contributed by atoms with Crippen LogP contribution in [0, 0.1) is 0 Å². The molecule has 4 heterocycles. The average Bonchev–Trinajstić information content (AvgIpc) is 3.76. The standard InChI is InChI=1S/C46H31N3SSi/c1-3-17-33(18-4-1)51(34-19-5-2-6-20-34,35-21-15-16-32(30-35)38-24-11-13-28-47-38)42-31-40-44(46-45(42)37-23-8-10-26-41(37)50-46)36-22-7-9-25-39(36)49(40)43-27-12-14-29-48-43/h1-31H. The molecule has 0 aliphatic heterocycles. The summed E-state index contributed by atoms with van der Waals surface area (Å²) in [6, 6.07) is 64.3. The topological polar surface area (TPSA) is 30.7 Å². The molecule has 10 rings (SSSR count). The normalized spacial score (nSPS) is 11.9. The summed E-state index contributed by atoms with van der Waals surface area (Å²) in [6.07, 6.45) is 3.78. The molecule has 0 radical (unpaired) electrons. The number of hydrogen-bond acceptors (Lipinski definition) is 3. The summed E-state index contributed by atoms with van der Waals surface area (Å²) in [5.41, 5.74) is 4.42. The molecule has 240 valence electrons. The number of benzene rings is 6. The lowest BCUT2D eigenvalue weighted by Crippen LogP contribution is -2.74. The Morgan fingerprint density at radius 2 is 1.12 bits per heavy atom. The van der Waals surface area contributed by atoms with Crippen molar-refractivity contribution in [1.29, 1.82) is 0 Å². The highest BCUT2D eigenvalue weighted by atomic mass is 32.1. The van der Waals surface area contributed by atoms with Gasteiger partial charge in [-0.25, -0.2) is 4.98 Å². The monoisotopic (exact) mass is 685 g/mol. The van der Waals surface area contributed by atoms with Crippen molar-refractivity contribution in [3.05, 3.63) is 188 Å². The lowest BCUT2D eigenvalue weighted by atomic mass is 10.1. The first kappa shape index (κ1) is 29.7. The quantitative estimate of drug-likeness (QED) is 0.129. The van der Waals surface area contributed by atoms with E-state index >= 15 is 0 Å². The Labute approximate surface area is 300 Å². The van der Waals surface area contributed by atoms with Crippen molar-refractivity contribution in [2.75, 3.05) is 0 Å². The van der Waals surface area contributed by atoms with Gasteiger partial charge in [-0.1, -0.05) is 133 Å². The Balaban J connectivity index is 1.46. The number of fused-ring (bicyclic) bond motifs is 7. The van der Waals surface area contributed by atoms with E-state index in [2.05, 4.69) is 168 Å². The SMILES string of the molecule is c1ccc([Si](c2ccccc2)(c2cccc(-c3ccccn3)c2)c2cc3c(c4ccccc4n3-c3ccccn3)c3sc4ccccc4c23)cc1. The van der Waals surface area contributed by atoms with Gasteiger partial charge < -0.3 is 0 Å². The third kappa shape index (κ3) is 4.56. The van der Waals surface area contributed by atoms with Crippen molar-refractivity contribution in [3.63, 3.8) is 0 Å². The van der Waals surface area contributed by atoms with Crippen molar-refractivity contribution in [2.24, 2.45) is 0 Å². The highest BCUT2D eigenvalue weighted by molar-refractivity contribution is 7.28. The molecule has 51 heavy (non-hydrogen) atoms. The number of nitrogens with zero attached hydrogens (tertiary/aromatic N) is 3. The Morgan fingerprint density at radius 1 is 0.471 bits per heavy atom. The fourth-order valence-corrected chi connectivity index (χ4v) is 14.5. The van der Waals surface area contributed by atoms with Crippen molar-refractivity contribution in [1.82, 2.24) is 14.5 Å². The first-order valence-electron chi connectivity index (χ1n) is 17.2. The maximum atomic E-state index is 4.93. The van der Waals surface area contributed by atoms with Crippen LogP contribution in [0.2, 0.25) is 0 Å². The van der Waals surface area contributed by atoms with E-state index in [9.17, 15) is 0 Å². The van der Waals surface area contributed by atoms with Crippen molar-refractivity contribution in [2.45, 2.75) is 0 Å². The van der Waals surface area contributed by atoms with Gasteiger partial charge in [0.25, 0.3) is 0 Å². The van der Waals surface area contributed by atoms with E-state index in [0.717, 1.165) is 22.6 Å². The van der Waals surface area contributed by atoms with Gasteiger partial charge in [0.05, 0.1) is 16.7 Å². The van der Waals surface area contributed by atoms with Crippen LogP contribution in [0.4, 0.5) is 0 Å². The van der Waals surface area contributed by atoms with Crippen LogP contribution in [0.25, 0.3) is 59.1 Å². The number of pyridine rings is 2.